The second-order valence-corrected chi connectivity index (χ2v) is 6.64. The first kappa shape index (κ1) is 21.3. The molecule has 0 saturated heterocycles. The number of aromatic hydroxyl groups is 1. The molecule has 0 aliphatic heterocycles. The summed E-state index contributed by atoms with van der Waals surface area (Å²) >= 11 is 0. The van der Waals surface area contributed by atoms with Gasteiger partial charge < -0.3 is 21.3 Å². The van der Waals surface area contributed by atoms with Crippen molar-refractivity contribution in [1.29, 1.82) is 10.8 Å². The van der Waals surface area contributed by atoms with Crippen LogP contribution in [0.25, 0.3) is 22.3 Å². The number of nitrogen functional groups attached to an aromatic ring is 2. The van der Waals surface area contributed by atoms with E-state index in [2.05, 4.69) is 4.98 Å². The van der Waals surface area contributed by atoms with Crippen LogP contribution < -0.4 is 17.0 Å². The molecule has 0 bridgehead atoms. The van der Waals surface area contributed by atoms with Crippen molar-refractivity contribution in [3.05, 3.63) is 75.6 Å². The average Bonchev–Trinajstić information content (AvgIpc) is 2.73. The fourth-order valence-corrected chi connectivity index (χ4v) is 3.24. The minimum Gasteiger partial charge on any atom is -0.494 e. The summed E-state index contributed by atoms with van der Waals surface area (Å²) in [5, 5.41) is 25.9. The number of amidine groups is 2. The van der Waals surface area contributed by atoms with Gasteiger partial charge in [0, 0.05) is 11.1 Å². The predicted molar refractivity (Wildman–Crippen MR) is 118 cm³/mol. The highest BCUT2D eigenvalue weighted by Gasteiger charge is 2.27. The normalized spacial score (nSPS) is 10.5. The lowest BCUT2D eigenvalue weighted by Crippen LogP contribution is -2.19. The lowest BCUT2D eigenvalue weighted by molar-refractivity contribution is 0.0527. The molecule has 9 nitrogen and oxygen atoms in total. The molecule has 3 aromatic rings. The minimum atomic E-state index is -0.810. The van der Waals surface area contributed by atoms with Crippen molar-refractivity contribution in [3.8, 4) is 28.1 Å². The zero-order valence-electron chi connectivity index (χ0n) is 16.7. The average molecular weight is 419 g/mol. The molecule has 0 aliphatic carbocycles. The zero-order valence-corrected chi connectivity index (χ0v) is 16.7. The Kier molecular flexibility index (Phi) is 5.87. The quantitative estimate of drug-likeness (QED) is 0.202. The number of nitrogens with two attached hydrogens (primary N) is 2. The molecule has 0 saturated carbocycles. The Bertz CT molecular complexity index is 1260. The molecule has 9 heteroatoms. The first-order chi connectivity index (χ1) is 14.7. The summed E-state index contributed by atoms with van der Waals surface area (Å²) in [5.41, 5.74) is 11.7. The van der Waals surface area contributed by atoms with Gasteiger partial charge in [-0.2, -0.15) is 0 Å². The van der Waals surface area contributed by atoms with Gasteiger partial charge in [-0.05, 0) is 30.2 Å². The van der Waals surface area contributed by atoms with Gasteiger partial charge in [0.15, 0.2) is 5.88 Å². The third-order valence-corrected chi connectivity index (χ3v) is 4.60. The number of carbonyl (C=O) groups excluding carboxylic acids is 1. The molecular weight excluding hydrogens is 398 g/mol. The van der Waals surface area contributed by atoms with E-state index >= 15 is 0 Å². The van der Waals surface area contributed by atoms with Crippen molar-refractivity contribution in [3.63, 3.8) is 0 Å². The van der Waals surface area contributed by atoms with E-state index in [1.54, 1.807) is 43.3 Å². The van der Waals surface area contributed by atoms with Crippen LogP contribution in [0.1, 0.15) is 28.4 Å². The van der Waals surface area contributed by atoms with Gasteiger partial charge in [0.05, 0.1) is 23.3 Å². The fourth-order valence-electron chi connectivity index (χ4n) is 3.24. The van der Waals surface area contributed by atoms with E-state index in [1.165, 1.54) is 12.1 Å². The Morgan fingerprint density at radius 3 is 2.00 bits per heavy atom. The smallest absolute Gasteiger partial charge is 0.339 e. The summed E-state index contributed by atoms with van der Waals surface area (Å²) in [6, 6.07) is 12.6. The summed E-state index contributed by atoms with van der Waals surface area (Å²) < 4.78 is 5.18. The molecule has 8 N–H and O–H groups in total. The first-order valence-corrected chi connectivity index (χ1v) is 9.30. The second-order valence-electron chi connectivity index (χ2n) is 6.64. The molecule has 2 aromatic carbocycles. The van der Waals surface area contributed by atoms with Crippen molar-refractivity contribution in [1.82, 2.24) is 4.98 Å². The largest absolute Gasteiger partial charge is 0.494 e. The molecule has 0 aliphatic rings. The Morgan fingerprint density at radius 1 is 1.00 bits per heavy atom. The number of rotatable bonds is 6. The number of carbonyl (C=O) groups is 1. The van der Waals surface area contributed by atoms with E-state index in [9.17, 15) is 14.7 Å². The molecule has 0 unspecified atom stereocenters. The first-order valence-electron chi connectivity index (χ1n) is 9.30. The van der Waals surface area contributed by atoms with Crippen LogP contribution in [-0.2, 0) is 4.74 Å². The van der Waals surface area contributed by atoms with Crippen molar-refractivity contribution in [2.45, 2.75) is 6.92 Å². The molecule has 3 rings (SSSR count). The fraction of sp³-hybridized carbons (Fsp3) is 0.0909. The summed E-state index contributed by atoms with van der Waals surface area (Å²) in [7, 11) is 0. The number of pyridine rings is 1. The number of esters is 1. The maximum Gasteiger partial charge on any atom is 0.339 e. The standard InChI is InChI=1S/C22H21N5O4/c1-2-31-22(30)17-15(11-5-3-7-13(9-11)18(23)24)20(28)27-21(29)16(17)12-6-4-8-14(10-12)19(25)26/h3-10H,2H2,1H3,(H3,23,24)(H3,25,26)(H2,27,28,29). The van der Waals surface area contributed by atoms with E-state index in [0.717, 1.165) is 0 Å². The predicted octanol–water partition coefficient (Wildman–Crippen LogP) is 2.16. The maximum absolute atomic E-state index is 13.0. The van der Waals surface area contributed by atoms with Crippen LogP contribution in [0.15, 0.2) is 53.3 Å². The number of ether oxygens (including phenoxy) is 1. The maximum atomic E-state index is 13.0. The monoisotopic (exact) mass is 419 g/mol. The lowest BCUT2D eigenvalue weighted by atomic mass is 9.92. The highest BCUT2D eigenvalue weighted by atomic mass is 16.5. The second kappa shape index (κ2) is 8.54. The van der Waals surface area contributed by atoms with Crippen LogP contribution in [-0.4, -0.2) is 34.3 Å². The van der Waals surface area contributed by atoms with Crippen molar-refractivity contribution in [2.24, 2.45) is 11.5 Å². The Labute approximate surface area is 177 Å². The molecule has 0 fully saturated rings. The number of aromatic nitrogens is 1. The number of aromatic amines is 1. The van der Waals surface area contributed by atoms with E-state index in [4.69, 9.17) is 27.0 Å². The molecule has 31 heavy (non-hydrogen) atoms. The SMILES string of the molecule is CCOC(=O)c1c(-c2cccc(C(=N)N)c2)c(O)[nH]c(=O)c1-c1cccc(C(=N)N)c1. The van der Waals surface area contributed by atoms with E-state index in [1.807, 2.05) is 0 Å². The van der Waals surface area contributed by atoms with E-state index in [-0.39, 0.29) is 35.0 Å². The van der Waals surface area contributed by atoms with Gasteiger partial charge in [0.25, 0.3) is 5.56 Å². The molecule has 0 spiro atoms. The summed E-state index contributed by atoms with van der Waals surface area (Å²) in [5.74, 6) is -1.74. The molecule has 0 atom stereocenters. The van der Waals surface area contributed by atoms with Crippen molar-refractivity contribution >= 4 is 17.6 Å². The van der Waals surface area contributed by atoms with Crippen LogP contribution in [0.3, 0.4) is 0 Å². The number of nitrogens with one attached hydrogen (secondary N) is 3. The molecule has 0 radical (unpaired) electrons. The van der Waals surface area contributed by atoms with Gasteiger partial charge in [-0.25, -0.2) is 4.79 Å². The Morgan fingerprint density at radius 2 is 1.52 bits per heavy atom. The van der Waals surface area contributed by atoms with Crippen LogP contribution in [0.2, 0.25) is 0 Å². The molecule has 158 valence electrons. The summed E-state index contributed by atoms with van der Waals surface area (Å²) in [6.45, 7) is 1.67. The van der Waals surface area contributed by atoms with Crippen LogP contribution in [0, 0.1) is 10.8 Å². The van der Waals surface area contributed by atoms with Gasteiger partial charge in [-0.3, -0.25) is 20.6 Å². The minimum absolute atomic E-state index is 0.0318. The molecule has 1 aromatic heterocycles. The zero-order chi connectivity index (χ0) is 22.7. The molecule has 0 amide bonds. The number of benzene rings is 2. The number of H-pyrrole nitrogens is 1. The van der Waals surface area contributed by atoms with Crippen LogP contribution in [0.4, 0.5) is 0 Å². The summed E-state index contributed by atoms with van der Waals surface area (Å²) in [6.07, 6.45) is 0. The Hall–Kier alpha value is -4.40. The van der Waals surface area contributed by atoms with Gasteiger partial charge in [-0.15, -0.1) is 0 Å². The van der Waals surface area contributed by atoms with Crippen LogP contribution >= 0.6 is 0 Å². The highest BCUT2D eigenvalue weighted by Crippen LogP contribution is 2.36. The third-order valence-electron chi connectivity index (χ3n) is 4.60. The van der Waals surface area contributed by atoms with Crippen molar-refractivity contribution < 1.29 is 14.6 Å². The van der Waals surface area contributed by atoms with E-state index < -0.39 is 17.4 Å². The number of hydrogen-bond acceptors (Lipinski definition) is 6. The van der Waals surface area contributed by atoms with Gasteiger partial charge in [-0.1, -0.05) is 36.4 Å². The Balaban J connectivity index is 2.41. The van der Waals surface area contributed by atoms with Gasteiger partial charge in [0.2, 0.25) is 0 Å². The molecule has 1 heterocycles. The molecular formula is C22H21N5O4. The van der Waals surface area contributed by atoms with E-state index in [0.29, 0.717) is 22.3 Å². The number of hydrogen-bond donors (Lipinski definition) is 6. The summed E-state index contributed by atoms with van der Waals surface area (Å²) in [4.78, 5) is 28.2. The lowest BCUT2D eigenvalue weighted by Gasteiger charge is -2.16. The van der Waals surface area contributed by atoms with Crippen molar-refractivity contribution in [2.75, 3.05) is 6.61 Å². The van der Waals surface area contributed by atoms with Gasteiger partial charge >= 0.3 is 5.97 Å². The highest BCUT2D eigenvalue weighted by molar-refractivity contribution is 6.06. The third kappa shape index (κ3) is 4.15. The van der Waals surface area contributed by atoms with Crippen LogP contribution in [0.5, 0.6) is 5.88 Å². The topological polar surface area (TPSA) is 179 Å². The van der Waals surface area contributed by atoms with Gasteiger partial charge in [0.1, 0.15) is 11.7 Å².